The molecule has 0 unspecified atom stereocenters. The fourth-order valence-electron chi connectivity index (χ4n) is 3.14. The number of amides is 2. The van der Waals surface area contributed by atoms with Crippen molar-refractivity contribution in [3.63, 3.8) is 0 Å². The van der Waals surface area contributed by atoms with Gasteiger partial charge in [-0.2, -0.15) is 0 Å². The topological polar surface area (TPSA) is 88.6 Å². The molecule has 3 aromatic rings. The molecule has 3 rings (SSSR count). The summed E-state index contributed by atoms with van der Waals surface area (Å²) < 4.78 is 5.32. The average Bonchev–Trinajstić information content (AvgIpc) is 2.77. The summed E-state index contributed by atoms with van der Waals surface area (Å²) in [6, 6.07) is 16.9. The first-order valence-electron chi connectivity index (χ1n) is 9.48. The highest BCUT2D eigenvalue weighted by Gasteiger charge is 2.22. The van der Waals surface area contributed by atoms with Gasteiger partial charge < -0.3 is 15.0 Å². The number of rotatable bonds is 6. The van der Waals surface area contributed by atoms with E-state index in [1.807, 2.05) is 55.5 Å². The zero-order chi connectivity index (χ0) is 21.7. The highest BCUT2D eigenvalue weighted by Crippen LogP contribution is 2.30. The molecule has 1 N–H and O–H groups in total. The van der Waals surface area contributed by atoms with Crippen LogP contribution in [0.4, 0.5) is 0 Å². The molecule has 2 aromatic carbocycles. The van der Waals surface area contributed by atoms with Crippen LogP contribution in [0.1, 0.15) is 15.9 Å². The van der Waals surface area contributed by atoms with Gasteiger partial charge in [-0.1, -0.05) is 48.5 Å². The van der Waals surface area contributed by atoms with Gasteiger partial charge in [0.2, 0.25) is 5.91 Å². The number of hydrogen-bond acceptors (Lipinski definition) is 5. The number of ether oxygens (including phenoxy) is 1. The number of esters is 1. The van der Waals surface area contributed by atoms with E-state index < -0.39 is 18.5 Å². The predicted octanol–water partition coefficient (Wildman–Crippen LogP) is 2.57. The first-order valence-corrected chi connectivity index (χ1v) is 9.48. The Labute approximate surface area is 174 Å². The van der Waals surface area contributed by atoms with Crippen molar-refractivity contribution in [3.8, 4) is 11.3 Å². The van der Waals surface area contributed by atoms with Gasteiger partial charge in [0, 0.05) is 25.0 Å². The van der Waals surface area contributed by atoms with E-state index in [1.165, 1.54) is 19.0 Å². The van der Waals surface area contributed by atoms with Gasteiger partial charge in [0.1, 0.15) is 0 Å². The van der Waals surface area contributed by atoms with Gasteiger partial charge >= 0.3 is 5.97 Å². The third kappa shape index (κ3) is 4.46. The van der Waals surface area contributed by atoms with Crippen LogP contribution >= 0.6 is 0 Å². The highest BCUT2D eigenvalue weighted by molar-refractivity contribution is 6.07. The highest BCUT2D eigenvalue weighted by atomic mass is 16.5. The number of carbonyl (C=O) groups excluding carboxylic acids is 3. The minimum absolute atomic E-state index is 0.109. The van der Waals surface area contributed by atoms with E-state index in [0.29, 0.717) is 27.7 Å². The normalized spacial score (nSPS) is 10.5. The predicted molar refractivity (Wildman–Crippen MR) is 114 cm³/mol. The Morgan fingerprint density at radius 2 is 1.70 bits per heavy atom. The molecule has 30 heavy (non-hydrogen) atoms. The molecule has 1 aromatic heterocycles. The van der Waals surface area contributed by atoms with E-state index in [0.717, 1.165) is 5.56 Å². The van der Waals surface area contributed by atoms with Gasteiger partial charge in [0.15, 0.2) is 6.61 Å². The number of likely N-dealkylation sites (N-methyl/N-ethyl adjacent to an activating group) is 2. The largest absolute Gasteiger partial charge is 0.452 e. The fourth-order valence-corrected chi connectivity index (χ4v) is 3.14. The van der Waals surface area contributed by atoms with Crippen LogP contribution in [-0.2, 0) is 14.3 Å². The molecule has 0 saturated carbocycles. The Kier molecular flexibility index (Phi) is 6.41. The van der Waals surface area contributed by atoms with Crippen LogP contribution in [0.5, 0.6) is 0 Å². The molecule has 0 saturated heterocycles. The molecule has 7 nitrogen and oxygen atoms in total. The molecule has 7 heteroatoms. The lowest BCUT2D eigenvalue weighted by molar-refractivity contribution is -0.137. The summed E-state index contributed by atoms with van der Waals surface area (Å²) in [6.45, 7) is 1.25. The number of nitrogens with zero attached hydrogens (tertiary/aromatic N) is 2. The van der Waals surface area contributed by atoms with Crippen LogP contribution in [0.15, 0.2) is 54.6 Å². The third-order valence-corrected chi connectivity index (χ3v) is 4.80. The Morgan fingerprint density at radius 3 is 2.40 bits per heavy atom. The molecule has 0 bridgehead atoms. The molecule has 0 fully saturated rings. The van der Waals surface area contributed by atoms with Crippen LogP contribution < -0.4 is 5.32 Å². The minimum atomic E-state index is -0.607. The molecule has 0 radical (unpaired) electrons. The lowest BCUT2D eigenvalue weighted by atomic mass is 9.98. The number of benzene rings is 2. The molecular weight excluding hydrogens is 382 g/mol. The summed E-state index contributed by atoms with van der Waals surface area (Å²) in [7, 11) is 2.97. The molecule has 1 heterocycles. The number of hydrogen-bond donors (Lipinski definition) is 1. The molecule has 2 amide bonds. The first kappa shape index (κ1) is 21.0. The van der Waals surface area contributed by atoms with Gasteiger partial charge in [-0.05, 0) is 18.6 Å². The summed E-state index contributed by atoms with van der Waals surface area (Å²) >= 11 is 0. The Bertz CT molecular complexity index is 1100. The lowest BCUT2D eigenvalue weighted by Gasteiger charge is -2.17. The second-order valence-corrected chi connectivity index (χ2v) is 6.84. The summed E-state index contributed by atoms with van der Waals surface area (Å²) in [4.78, 5) is 42.6. The third-order valence-electron chi connectivity index (χ3n) is 4.80. The van der Waals surface area contributed by atoms with E-state index in [1.54, 1.807) is 6.07 Å². The lowest BCUT2D eigenvalue weighted by Crippen LogP contribution is -2.39. The van der Waals surface area contributed by atoms with E-state index >= 15 is 0 Å². The average molecular weight is 405 g/mol. The summed E-state index contributed by atoms with van der Waals surface area (Å²) in [5, 5.41) is 3.10. The van der Waals surface area contributed by atoms with Crippen molar-refractivity contribution in [2.75, 3.05) is 27.2 Å². The van der Waals surface area contributed by atoms with Crippen LogP contribution in [0.25, 0.3) is 22.2 Å². The number of carbonyl (C=O) groups is 3. The molecule has 0 aliphatic rings. The van der Waals surface area contributed by atoms with E-state index in [-0.39, 0.29) is 12.5 Å². The maximum atomic E-state index is 13.0. The zero-order valence-corrected chi connectivity index (χ0v) is 17.1. The summed E-state index contributed by atoms with van der Waals surface area (Å²) in [6.07, 6.45) is 0. The van der Waals surface area contributed by atoms with Crippen molar-refractivity contribution in [1.82, 2.24) is 15.2 Å². The van der Waals surface area contributed by atoms with Crippen LogP contribution in [0, 0.1) is 6.92 Å². The summed E-state index contributed by atoms with van der Waals surface area (Å²) in [5.41, 5.74) is 3.29. The van der Waals surface area contributed by atoms with Gasteiger partial charge in [0.25, 0.3) is 5.91 Å². The van der Waals surface area contributed by atoms with E-state index in [2.05, 4.69) is 5.32 Å². The Morgan fingerprint density at radius 1 is 1.03 bits per heavy atom. The maximum absolute atomic E-state index is 13.0. The number of aromatic nitrogens is 1. The van der Waals surface area contributed by atoms with Crippen molar-refractivity contribution < 1.29 is 19.1 Å². The second-order valence-electron chi connectivity index (χ2n) is 6.84. The molecule has 0 aliphatic heterocycles. The van der Waals surface area contributed by atoms with Crippen LogP contribution in [-0.4, -0.2) is 54.9 Å². The van der Waals surface area contributed by atoms with Crippen molar-refractivity contribution >= 4 is 28.7 Å². The quantitative estimate of drug-likeness (QED) is 0.637. The van der Waals surface area contributed by atoms with Gasteiger partial charge in [0.05, 0.1) is 23.3 Å². The Hall–Kier alpha value is -3.74. The van der Waals surface area contributed by atoms with Crippen molar-refractivity contribution in [1.29, 1.82) is 0 Å². The van der Waals surface area contributed by atoms with Gasteiger partial charge in [-0.25, -0.2) is 9.78 Å². The van der Waals surface area contributed by atoms with Crippen molar-refractivity contribution in [2.45, 2.75) is 6.92 Å². The molecule has 0 atom stereocenters. The van der Waals surface area contributed by atoms with Crippen molar-refractivity contribution in [3.05, 3.63) is 65.7 Å². The number of fused-ring (bicyclic) bond motifs is 1. The zero-order valence-electron chi connectivity index (χ0n) is 17.1. The summed E-state index contributed by atoms with van der Waals surface area (Å²) in [5.74, 6) is -1.38. The molecule has 154 valence electrons. The molecule has 0 aliphatic carbocycles. The van der Waals surface area contributed by atoms with Gasteiger partial charge in [-0.3, -0.25) is 9.59 Å². The Balaban J connectivity index is 1.91. The number of nitrogens with one attached hydrogen (secondary N) is 1. The fraction of sp³-hybridized carbons (Fsp3) is 0.217. The standard InChI is InChI=1S/C23H23N3O4/c1-15-21(23(29)30-14-20(28)26(3)13-19(27)24-2)17-11-7-8-12-18(17)25-22(15)16-9-5-4-6-10-16/h4-12H,13-14H2,1-3H3,(H,24,27). The van der Waals surface area contributed by atoms with E-state index in [9.17, 15) is 14.4 Å². The smallest absolute Gasteiger partial charge is 0.339 e. The molecule has 0 spiro atoms. The van der Waals surface area contributed by atoms with Crippen LogP contribution in [0.3, 0.4) is 0 Å². The monoisotopic (exact) mass is 405 g/mol. The van der Waals surface area contributed by atoms with Crippen molar-refractivity contribution in [2.24, 2.45) is 0 Å². The first-order chi connectivity index (χ1) is 14.4. The van der Waals surface area contributed by atoms with Crippen LogP contribution in [0.2, 0.25) is 0 Å². The number of para-hydroxylation sites is 1. The second kappa shape index (κ2) is 9.17. The molecular formula is C23H23N3O4. The minimum Gasteiger partial charge on any atom is -0.452 e. The maximum Gasteiger partial charge on any atom is 0.339 e. The van der Waals surface area contributed by atoms with Gasteiger partial charge in [-0.15, -0.1) is 0 Å². The number of pyridine rings is 1. The SMILES string of the molecule is CNC(=O)CN(C)C(=O)COC(=O)c1c(C)c(-c2ccccc2)nc2ccccc12. The van der Waals surface area contributed by atoms with E-state index in [4.69, 9.17) is 9.72 Å².